The molecule has 4 heterocycles. The van der Waals surface area contributed by atoms with Gasteiger partial charge in [0.25, 0.3) is 0 Å². The molecule has 4 heteroatoms. The third kappa shape index (κ3) is 15.6. The van der Waals surface area contributed by atoms with Crippen LogP contribution < -0.4 is 18.3 Å². The van der Waals surface area contributed by atoms with Crippen molar-refractivity contribution in [2.45, 2.75) is 74.4 Å². The Balaban J connectivity index is 0.000000151. The lowest BCUT2D eigenvalue weighted by Crippen LogP contribution is -2.31. The minimum Gasteiger partial charge on any atom is -0.201 e. The molecule has 0 bridgehead atoms. The molecule has 0 spiro atoms. The maximum Gasteiger partial charge on any atom is 0.212 e. The molecule has 87 heavy (non-hydrogen) atoms. The number of hydrogen-bond donors (Lipinski definition) is 0. The van der Waals surface area contributed by atoms with Crippen molar-refractivity contribution in [3.05, 3.63) is 312 Å². The number of aromatic nitrogens is 4. The van der Waals surface area contributed by atoms with Crippen molar-refractivity contribution in [1.29, 1.82) is 0 Å². The zero-order valence-electron chi connectivity index (χ0n) is 61.2. The van der Waals surface area contributed by atoms with Crippen molar-refractivity contribution >= 4 is 0 Å². The molecule has 4 nitrogen and oxygen atoms in total. The van der Waals surface area contributed by atoms with E-state index in [1.807, 2.05) is 108 Å². The average molecular weight is 1150 g/mol. The zero-order chi connectivity index (χ0) is 69.3. The van der Waals surface area contributed by atoms with E-state index in [4.69, 9.17) is 12.3 Å². The van der Waals surface area contributed by atoms with Gasteiger partial charge in [0.15, 0.2) is 24.8 Å². The first-order valence-corrected chi connectivity index (χ1v) is 29.6. The highest BCUT2D eigenvalue weighted by atomic mass is 14.9. The van der Waals surface area contributed by atoms with E-state index in [0.717, 1.165) is 44.9 Å². The van der Waals surface area contributed by atoms with Crippen molar-refractivity contribution < 1.29 is 30.6 Å². The lowest BCUT2D eigenvalue weighted by atomic mass is 9.97. The van der Waals surface area contributed by atoms with Gasteiger partial charge in [-0.15, -0.1) is 0 Å². The second-order valence-corrected chi connectivity index (χ2v) is 22.4. The number of hydrogen-bond acceptors (Lipinski definition) is 0. The molecule has 0 aliphatic heterocycles. The van der Waals surface area contributed by atoms with E-state index in [-0.39, 0.29) is 0 Å². The van der Waals surface area contributed by atoms with Gasteiger partial charge in [-0.05, 0) is 169 Å². The highest BCUT2D eigenvalue weighted by Crippen LogP contribution is 2.32. The van der Waals surface area contributed by atoms with Gasteiger partial charge in [-0.2, -0.15) is 0 Å². The second kappa shape index (κ2) is 29.0. The van der Waals surface area contributed by atoms with E-state index in [0.29, 0.717) is 16.7 Å². The van der Waals surface area contributed by atoms with E-state index in [1.165, 1.54) is 79.4 Å². The lowest BCUT2D eigenvalue weighted by molar-refractivity contribution is -0.661. The summed E-state index contributed by atoms with van der Waals surface area (Å²) in [7, 11) is 7.84. The van der Waals surface area contributed by atoms with E-state index in [2.05, 4.69) is 216 Å². The Morgan fingerprint density at radius 2 is 0.724 bits per heavy atom. The third-order valence-corrected chi connectivity index (χ3v) is 15.9. The Morgan fingerprint density at radius 1 is 0.356 bits per heavy atom. The largest absolute Gasteiger partial charge is 0.212 e. The average Bonchev–Trinajstić information content (AvgIpc) is 0.801. The van der Waals surface area contributed by atoms with Crippen LogP contribution in [0.25, 0.3) is 89.5 Å². The fourth-order valence-electron chi connectivity index (χ4n) is 11.0. The summed E-state index contributed by atoms with van der Waals surface area (Å²) in [5.41, 5.74) is 26.3. The SMILES string of the molecule is Cc1cc[n+](C)c(-c2ccc(-c3ccccc3)cc2C)c1.[2H]C([2H])(C)c1ccc(-c2ccc(-c3ccccc3)cc2C)[n+](C)c1.[2H]C([2H])([2H])C([2H])(C)c1ccc(-c2ccc(-c3ccccc3)cc2C)[n+](C)c1.[2H]C([2H])([2H])c1ccc(-c2ccc(-c3ccccc3)cc2C)[n+](C)c1. The number of rotatable bonds is 10. The lowest BCUT2D eigenvalue weighted by Gasteiger charge is -2.09. The minimum absolute atomic E-state index is 0.354. The summed E-state index contributed by atoms with van der Waals surface area (Å²) in [6.45, 7) is 9.16. The molecule has 4 aromatic heterocycles. The van der Waals surface area contributed by atoms with Crippen LogP contribution >= 0.6 is 0 Å². The first-order valence-electron chi connectivity index (χ1n) is 34.1. The van der Waals surface area contributed by atoms with Gasteiger partial charge < -0.3 is 0 Å². The van der Waals surface area contributed by atoms with Crippen LogP contribution in [0.2, 0.25) is 0 Å². The summed E-state index contributed by atoms with van der Waals surface area (Å²) < 4.78 is 77.5. The Kier molecular flexibility index (Phi) is 16.9. The molecule has 0 aliphatic carbocycles. The molecule has 434 valence electrons. The predicted octanol–water partition coefficient (Wildman–Crippen LogP) is 18.9. The molecule has 1 atom stereocenters. The predicted molar refractivity (Wildman–Crippen MR) is 366 cm³/mol. The maximum absolute atomic E-state index is 8.28. The van der Waals surface area contributed by atoms with Gasteiger partial charge in [-0.3, -0.25) is 0 Å². The fourth-order valence-corrected chi connectivity index (χ4v) is 11.0. The van der Waals surface area contributed by atoms with Crippen LogP contribution in [0, 0.1) is 41.5 Å². The molecular weight excluding hydrogens is 1050 g/mol. The van der Waals surface area contributed by atoms with Crippen LogP contribution in [0.15, 0.2) is 267 Å². The van der Waals surface area contributed by atoms with E-state index >= 15 is 0 Å². The fraction of sp³-hybridized carbons (Fsp3) is 0.181. The standard InChI is InChI=1S/C22H24N.C21H22N.2C20H20N/c1-16(2)20-11-13-22(23(4)15-20)21-12-10-19(14-17(21)3)18-8-6-5-7-9-18;1-4-17-10-13-21(22(3)15-17)20-12-11-19(14-16(20)2)18-8-6-5-7-9-18;1-15-9-12-20(21(3)14-15)19-11-10-18(13-16(19)2)17-7-5-4-6-8-17;1-15-11-12-21(3)20(13-15)19-10-9-18(14-16(19)2)17-7-5-4-6-8-17/h5-16H,1-4H3;5-15H,4H2,1-3H3;2*4-14H,1-3H3/q4*+1/i1D3,16D;4D2;1D3;. The zero-order valence-corrected chi connectivity index (χ0v) is 52.2. The number of aryl methyl sites for hydroxylation is 11. The van der Waals surface area contributed by atoms with Crippen LogP contribution in [0.5, 0.6) is 0 Å². The summed E-state index contributed by atoms with van der Waals surface area (Å²) >= 11 is 0. The summed E-state index contributed by atoms with van der Waals surface area (Å²) in [5, 5.41) is 0. The van der Waals surface area contributed by atoms with Crippen LogP contribution in [-0.4, -0.2) is 0 Å². The molecule has 0 aliphatic rings. The Hall–Kier alpha value is -9.64. The highest BCUT2D eigenvalue weighted by Gasteiger charge is 2.18. The van der Waals surface area contributed by atoms with Crippen molar-refractivity contribution in [2.75, 3.05) is 0 Å². The molecule has 0 saturated heterocycles. The highest BCUT2D eigenvalue weighted by molar-refractivity contribution is 5.74. The number of benzene rings is 8. The molecule has 0 radical (unpaired) electrons. The molecule has 12 aromatic rings. The molecule has 8 aromatic carbocycles. The van der Waals surface area contributed by atoms with Gasteiger partial charge in [-0.25, -0.2) is 18.3 Å². The number of pyridine rings is 4. The normalized spacial score (nSPS) is 13.4. The van der Waals surface area contributed by atoms with Gasteiger partial charge in [0, 0.05) is 81.6 Å². The van der Waals surface area contributed by atoms with Gasteiger partial charge in [0.2, 0.25) is 22.8 Å². The quantitative estimate of drug-likeness (QED) is 0.121. The minimum atomic E-state index is -2.38. The monoisotopic (exact) mass is 1150 g/mol. The van der Waals surface area contributed by atoms with E-state index in [1.54, 1.807) is 31.5 Å². The molecule has 1 unspecified atom stereocenters. The molecular formula is C83H86N4+4. The van der Waals surface area contributed by atoms with Crippen LogP contribution in [0.1, 0.15) is 83.4 Å². The van der Waals surface area contributed by atoms with E-state index in [9.17, 15) is 0 Å². The van der Waals surface area contributed by atoms with Crippen LogP contribution in [-0.2, 0) is 34.6 Å². The molecule has 0 fully saturated rings. The second-order valence-electron chi connectivity index (χ2n) is 22.4. The van der Waals surface area contributed by atoms with Gasteiger partial charge in [-0.1, -0.05) is 191 Å². The van der Waals surface area contributed by atoms with Crippen molar-refractivity contribution in [3.63, 3.8) is 0 Å². The molecule has 0 N–H and O–H groups in total. The first-order chi connectivity index (χ1) is 45.5. The van der Waals surface area contributed by atoms with Crippen molar-refractivity contribution in [1.82, 2.24) is 0 Å². The summed E-state index contributed by atoms with van der Waals surface area (Å²) in [4.78, 5) is 0. The van der Waals surface area contributed by atoms with Crippen LogP contribution in [0.4, 0.5) is 0 Å². The topological polar surface area (TPSA) is 15.5 Å². The van der Waals surface area contributed by atoms with Crippen molar-refractivity contribution in [3.8, 4) is 89.5 Å². The Bertz CT molecular complexity index is 4510. The summed E-state index contributed by atoms with van der Waals surface area (Å²) in [6.07, 6.45) is 6.10. The number of nitrogens with zero attached hydrogens (tertiary/aromatic N) is 4. The molecule has 0 saturated carbocycles. The maximum atomic E-state index is 8.28. The van der Waals surface area contributed by atoms with E-state index < -0.39 is 26.0 Å². The molecule has 12 rings (SSSR count). The van der Waals surface area contributed by atoms with Crippen molar-refractivity contribution in [2.24, 2.45) is 28.2 Å². The third-order valence-electron chi connectivity index (χ3n) is 15.9. The van der Waals surface area contributed by atoms with Crippen LogP contribution in [0.3, 0.4) is 0 Å². The summed E-state index contributed by atoms with van der Waals surface area (Å²) in [6, 6.07) is 82.8. The smallest absolute Gasteiger partial charge is 0.201 e. The Labute approximate surface area is 532 Å². The molecule has 0 amide bonds. The van der Waals surface area contributed by atoms with Gasteiger partial charge in [0.05, 0.1) is 0 Å². The first kappa shape index (κ1) is 50.7. The van der Waals surface area contributed by atoms with Gasteiger partial charge >= 0.3 is 0 Å². The van der Waals surface area contributed by atoms with Gasteiger partial charge in [0.1, 0.15) is 28.2 Å². The Morgan fingerprint density at radius 3 is 1.07 bits per heavy atom. The summed E-state index contributed by atoms with van der Waals surface area (Å²) in [5.74, 6) is -1.64.